The molecule has 3 amide bonds. The van der Waals surface area contributed by atoms with Gasteiger partial charge in [0.15, 0.2) is 0 Å². The van der Waals surface area contributed by atoms with Crippen LogP contribution in [0, 0.1) is 17.8 Å². The molecule has 8 nitrogen and oxygen atoms in total. The third-order valence-corrected chi connectivity index (χ3v) is 8.88. The zero-order valence-electron chi connectivity index (χ0n) is 21.1. The Morgan fingerprint density at radius 2 is 1.74 bits per heavy atom. The highest BCUT2D eigenvalue weighted by atomic mass is 79.9. The largest absolute Gasteiger partial charge is 0.394 e. The predicted octanol–water partition coefficient (Wildman–Crippen LogP) is 4.07. The van der Waals surface area contributed by atoms with Crippen LogP contribution in [0.15, 0.2) is 54.6 Å². The SMILES string of the molecule is CC(C)C[C@H](CO)N1C(=O)[C@@H]2[C@H](C(=O)Nc3ccccc3)[C@H]3OC2(CC3Br)C1C(=O)Nc1ccc(Cl)cc1. The summed E-state index contributed by atoms with van der Waals surface area (Å²) in [4.78, 5) is 43.0. The van der Waals surface area contributed by atoms with E-state index >= 15 is 0 Å². The Bertz CT molecular complexity index is 1210. The zero-order chi connectivity index (χ0) is 27.2. The standard InChI is InChI=1S/C28H31BrClN3O5/c1-15(2)12-19(14-34)33-24(26(36)32-18-10-8-16(30)9-11-18)28-13-20(29)23(38-28)21(22(28)27(33)37)25(35)31-17-6-4-3-5-7-17/h3-11,15,19-24,34H,12-14H2,1-2H3,(H,31,35)(H,32,36)/t19-,20?,21+,22+,23+,24?,28?/m1/s1. The number of hydrogen-bond donors (Lipinski definition) is 3. The molecule has 1 spiro atoms. The van der Waals surface area contributed by atoms with Gasteiger partial charge in [0.1, 0.15) is 11.6 Å². The van der Waals surface area contributed by atoms with Gasteiger partial charge in [-0.05, 0) is 55.2 Å². The van der Waals surface area contributed by atoms with Crippen LogP contribution in [0.2, 0.25) is 5.02 Å². The van der Waals surface area contributed by atoms with Crippen LogP contribution in [0.5, 0.6) is 0 Å². The van der Waals surface area contributed by atoms with Crippen molar-refractivity contribution >= 4 is 56.6 Å². The van der Waals surface area contributed by atoms with E-state index in [1.54, 1.807) is 36.4 Å². The number of ether oxygens (including phenoxy) is 1. The fourth-order valence-corrected chi connectivity index (χ4v) is 7.44. The molecule has 3 saturated heterocycles. The van der Waals surface area contributed by atoms with Crippen LogP contribution < -0.4 is 10.6 Å². The maximum absolute atomic E-state index is 14.2. The average molecular weight is 605 g/mol. The van der Waals surface area contributed by atoms with Gasteiger partial charge in [-0.1, -0.05) is 59.6 Å². The highest BCUT2D eigenvalue weighted by Crippen LogP contribution is 2.60. The fourth-order valence-electron chi connectivity index (χ4n) is 6.37. The van der Waals surface area contributed by atoms with Crippen LogP contribution >= 0.6 is 27.5 Å². The molecule has 2 aromatic rings. The van der Waals surface area contributed by atoms with Crippen LogP contribution in [0.25, 0.3) is 0 Å². The summed E-state index contributed by atoms with van der Waals surface area (Å²) in [5.41, 5.74) is -0.0691. The van der Waals surface area contributed by atoms with Crippen molar-refractivity contribution in [1.82, 2.24) is 4.90 Å². The van der Waals surface area contributed by atoms with Gasteiger partial charge in [0.05, 0.1) is 30.6 Å². The number of halogens is 2. The molecular formula is C28H31BrClN3O5. The first-order valence-corrected chi connectivity index (χ1v) is 14.1. The number of amides is 3. The van der Waals surface area contributed by atoms with Gasteiger partial charge in [0, 0.05) is 21.2 Å². The molecule has 202 valence electrons. The van der Waals surface area contributed by atoms with Crippen molar-refractivity contribution in [2.75, 3.05) is 17.2 Å². The average Bonchev–Trinajstić information content (AvgIpc) is 3.47. The summed E-state index contributed by atoms with van der Waals surface area (Å²) >= 11 is 9.69. The summed E-state index contributed by atoms with van der Waals surface area (Å²) in [7, 11) is 0. The molecule has 3 unspecified atom stereocenters. The first kappa shape index (κ1) is 27.1. The van der Waals surface area contributed by atoms with Gasteiger partial charge in [-0.25, -0.2) is 0 Å². The molecule has 0 saturated carbocycles. The highest BCUT2D eigenvalue weighted by molar-refractivity contribution is 9.09. The van der Waals surface area contributed by atoms with Gasteiger partial charge >= 0.3 is 0 Å². The molecular weight excluding hydrogens is 574 g/mol. The number of aliphatic hydroxyl groups excluding tert-OH is 1. The van der Waals surface area contributed by atoms with E-state index in [4.69, 9.17) is 16.3 Å². The molecule has 3 aliphatic heterocycles. The number of fused-ring (bicyclic) bond motifs is 1. The lowest BCUT2D eigenvalue weighted by Crippen LogP contribution is -2.56. The molecule has 10 heteroatoms. The number of carbonyl (C=O) groups excluding carboxylic acids is 3. The normalized spacial score (nSPS) is 30.4. The first-order valence-electron chi connectivity index (χ1n) is 12.8. The van der Waals surface area contributed by atoms with Gasteiger partial charge in [-0.15, -0.1) is 0 Å². The number of para-hydroxylation sites is 1. The Kier molecular flexibility index (Phi) is 7.57. The molecule has 2 bridgehead atoms. The lowest BCUT2D eigenvalue weighted by molar-refractivity contribution is -0.143. The van der Waals surface area contributed by atoms with E-state index in [9.17, 15) is 19.5 Å². The second kappa shape index (κ2) is 10.6. The molecule has 38 heavy (non-hydrogen) atoms. The molecule has 2 aromatic carbocycles. The van der Waals surface area contributed by atoms with Gasteiger partial charge < -0.3 is 25.4 Å². The number of anilines is 2. The van der Waals surface area contributed by atoms with Crippen LogP contribution in [-0.4, -0.2) is 63.0 Å². The Morgan fingerprint density at radius 1 is 1.11 bits per heavy atom. The number of rotatable bonds is 8. The van der Waals surface area contributed by atoms with Crippen LogP contribution in [0.1, 0.15) is 26.7 Å². The van der Waals surface area contributed by atoms with Crippen molar-refractivity contribution in [2.24, 2.45) is 17.8 Å². The Morgan fingerprint density at radius 3 is 2.37 bits per heavy atom. The number of aliphatic hydroxyl groups is 1. The van der Waals surface area contributed by atoms with Gasteiger partial charge in [0.25, 0.3) is 0 Å². The number of alkyl halides is 1. The molecule has 3 heterocycles. The molecule has 5 rings (SSSR count). The van der Waals surface area contributed by atoms with Crippen LogP contribution in [0.4, 0.5) is 11.4 Å². The molecule has 7 atom stereocenters. The monoisotopic (exact) mass is 603 g/mol. The Hall–Kier alpha value is -2.46. The maximum Gasteiger partial charge on any atom is 0.250 e. The smallest absolute Gasteiger partial charge is 0.250 e. The number of nitrogens with one attached hydrogen (secondary N) is 2. The lowest BCUT2D eigenvalue weighted by atomic mass is 9.70. The number of nitrogens with zero attached hydrogens (tertiary/aromatic N) is 1. The maximum atomic E-state index is 14.2. The molecule has 3 aliphatic rings. The third kappa shape index (κ3) is 4.63. The van der Waals surface area contributed by atoms with Crippen molar-refractivity contribution in [2.45, 2.75) is 55.3 Å². The summed E-state index contributed by atoms with van der Waals surface area (Å²) < 4.78 is 6.52. The minimum absolute atomic E-state index is 0.163. The van der Waals surface area contributed by atoms with Crippen molar-refractivity contribution in [3.63, 3.8) is 0 Å². The Labute approximate surface area is 235 Å². The quantitative estimate of drug-likeness (QED) is 0.394. The van der Waals surface area contributed by atoms with Gasteiger partial charge in [-0.3, -0.25) is 14.4 Å². The van der Waals surface area contributed by atoms with Crippen LogP contribution in [-0.2, 0) is 19.1 Å². The highest BCUT2D eigenvalue weighted by Gasteiger charge is 2.77. The van der Waals surface area contributed by atoms with E-state index in [2.05, 4.69) is 26.6 Å². The fraction of sp³-hybridized carbons (Fsp3) is 0.464. The van der Waals surface area contributed by atoms with E-state index in [-0.39, 0.29) is 29.2 Å². The lowest BCUT2D eigenvalue weighted by Gasteiger charge is -2.37. The summed E-state index contributed by atoms with van der Waals surface area (Å²) in [5.74, 6) is -2.57. The number of likely N-dealkylation sites (tertiary alicyclic amines) is 1. The minimum atomic E-state index is -1.21. The Balaban J connectivity index is 1.53. The predicted molar refractivity (Wildman–Crippen MR) is 148 cm³/mol. The molecule has 0 aliphatic carbocycles. The molecule has 0 radical (unpaired) electrons. The topological polar surface area (TPSA) is 108 Å². The minimum Gasteiger partial charge on any atom is -0.394 e. The van der Waals surface area contributed by atoms with E-state index in [0.29, 0.717) is 29.2 Å². The summed E-state index contributed by atoms with van der Waals surface area (Å²) in [6.07, 6.45) is 0.314. The molecule has 0 aromatic heterocycles. The first-order chi connectivity index (χ1) is 18.2. The van der Waals surface area contributed by atoms with Crippen molar-refractivity contribution < 1.29 is 24.2 Å². The summed E-state index contributed by atoms with van der Waals surface area (Å²) in [6, 6.07) is 14.1. The number of hydrogen-bond acceptors (Lipinski definition) is 5. The third-order valence-electron chi connectivity index (χ3n) is 7.78. The summed E-state index contributed by atoms with van der Waals surface area (Å²) in [6.45, 7) is 3.69. The van der Waals surface area contributed by atoms with Gasteiger partial charge in [-0.2, -0.15) is 0 Å². The second-order valence-corrected chi connectivity index (χ2v) is 12.3. The molecule has 3 N–H and O–H groups in total. The van der Waals surface area contributed by atoms with E-state index in [1.165, 1.54) is 4.90 Å². The van der Waals surface area contributed by atoms with E-state index in [1.807, 2.05) is 32.0 Å². The van der Waals surface area contributed by atoms with Crippen molar-refractivity contribution in [3.8, 4) is 0 Å². The number of benzene rings is 2. The number of carbonyl (C=O) groups is 3. The molecule has 3 fully saturated rings. The summed E-state index contributed by atoms with van der Waals surface area (Å²) in [5, 5.41) is 16.7. The second-order valence-electron chi connectivity index (χ2n) is 10.7. The zero-order valence-corrected chi connectivity index (χ0v) is 23.5. The van der Waals surface area contributed by atoms with E-state index in [0.717, 1.165) is 0 Å². The van der Waals surface area contributed by atoms with Crippen molar-refractivity contribution in [1.29, 1.82) is 0 Å². The van der Waals surface area contributed by atoms with Crippen molar-refractivity contribution in [3.05, 3.63) is 59.6 Å². The van der Waals surface area contributed by atoms with Crippen LogP contribution in [0.3, 0.4) is 0 Å². The van der Waals surface area contributed by atoms with Gasteiger partial charge in [0.2, 0.25) is 17.7 Å². The van der Waals surface area contributed by atoms with E-state index < -0.39 is 41.5 Å².